The Kier molecular flexibility index (Phi) is 8.67. The third-order valence-corrected chi connectivity index (χ3v) is 12.1. The Labute approximate surface area is 348 Å². The maximum atomic E-state index is 13.3. The van der Waals surface area contributed by atoms with Crippen molar-refractivity contribution in [2.75, 3.05) is 5.32 Å². The summed E-state index contributed by atoms with van der Waals surface area (Å²) in [7, 11) is 0. The van der Waals surface area contributed by atoms with Gasteiger partial charge in [0, 0.05) is 47.0 Å². The molecule has 0 saturated carbocycles. The van der Waals surface area contributed by atoms with Crippen molar-refractivity contribution in [1.82, 2.24) is 9.13 Å². The summed E-state index contributed by atoms with van der Waals surface area (Å²) >= 11 is 21.5. The van der Waals surface area contributed by atoms with Gasteiger partial charge in [0.15, 0.2) is 28.8 Å². The van der Waals surface area contributed by atoms with Gasteiger partial charge < -0.3 is 23.9 Å². The van der Waals surface area contributed by atoms with Gasteiger partial charge in [0.1, 0.15) is 32.1 Å². The molecular formula is C43H35Br2Cl2N5O4. The minimum atomic E-state index is -0.747. The van der Waals surface area contributed by atoms with Crippen LogP contribution in [0.2, 0.25) is 10.0 Å². The summed E-state index contributed by atoms with van der Waals surface area (Å²) in [5.41, 5.74) is 6.57. The predicted octanol–water partition coefficient (Wildman–Crippen LogP) is 11.8. The second-order valence-electron chi connectivity index (χ2n) is 15.1. The van der Waals surface area contributed by atoms with E-state index in [1.165, 1.54) is 0 Å². The standard InChI is InChI=1S/C43H35Br2Cl2N5O4/c1-7-51-25-15-12-21(48-41(54)43(5,6)45)19-22(25)31-27(51)16-13-23-37(31)55-39-33(46)36-40(34(47)35(39)49-23)56-38-24(50-36)14-17-28-32(38)30-20(18-29(53)42(3,4)44)10-9-11-26(30)52(28)8-2/h9-17,19H,7-8,18H2,1-6H3,(H,48,54). The Hall–Kier alpha value is -4.42. The van der Waals surface area contributed by atoms with E-state index in [1.807, 2.05) is 68.4 Å². The van der Waals surface area contributed by atoms with Crippen LogP contribution in [0.3, 0.4) is 0 Å². The molecule has 0 atom stereocenters. The summed E-state index contributed by atoms with van der Waals surface area (Å²) in [6.07, 6.45) is 0.237. The van der Waals surface area contributed by atoms with E-state index in [4.69, 9.17) is 42.7 Å². The molecule has 56 heavy (non-hydrogen) atoms. The van der Waals surface area contributed by atoms with Crippen LogP contribution in [0, 0.1) is 0 Å². The normalized spacial score (nSPS) is 13.4. The summed E-state index contributed by atoms with van der Waals surface area (Å²) in [5.74, 6) is 1.50. The lowest BCUT2D eigenvalue weighted by Crippen LogP contribution is -2.30. The quantitative estimate of drug-likeness (QED) is 0.161. The first kappa shape index (κ1) is 37.2. The van der Waals surface area contributed by atoms with E-state index in [-0.39, 0.29) is 39.7 Å². The van der Waals surface area contributed by atoms with Crippen LogP contribution < -0.4 is 25.5 Å². The number of Topliss-reactive ketones (excluding diaryl/α,β-unsaturated/α-hetero) is 1. The van der Waals surface area contributed by atoms with Gasteiger partial charge in [-0.05, 0) is 95.6 Å². The maximum Gasteiger partial charge on any atom is 0.240 e. The van der Waals surface area contributed by atoms with Crippen LogP contribution in [-0.4, -0.2) is 29.5 Å². The number of anilines is 1. The number of nitrogens with one attached hydrogen (secondary N) is 1. The first-order chi connectivity index (χ1) is 26.6. The molecule has 0 unspecified atom stereocenters. The van der Waals surface area contributed by atoms with Crippen molar-refractivity contribution in [3.63, 3.8) is 0 Å². The number of fused-ring (bicyclic) bond motifs is 12. The summed E-state index contributed by atoms with van der Waals surface area (Å²) in [6, 6.07) is 19.8. The molecule has 4 heterocycles. The summed E-state index contributed by atoms with van der Waals surface area (Å²) < 4.78 is 16.5. The van der Waals surface area contributed by atoms with Crippen molar-refractivity contribution in [2.45, 2.75) is 69.7 Å². The Morgan fingerprint density at radius 2 is 1.23 bits per heavy atom. The fraction of sp³-hybridized carbons (Fsp3) is 0.256. The molecule has 7 aromatic rings. The van der Waals surface area contributed by atoms with Gasteiger partial charge in [-0.3, -0.25) is 9.59 Å². The van der Waals surface area contributed by atoms with Crippen molar-refractivity contribution in [1.29, 1.82) is 0 Å². The summed E-state index contributed by atoms with van der Waals surface area (Å²) in [4.78, 5) is 36.3. The molecule has 2 aliphatic rings. The second-order valence-corrected chi connectivity index (χ2v) is 19.8. The molecule has 0 spiro atoms. The lowest BCUT2D eigenvalue weighted by molar-refractivity contribution is -0.120. The largest absolute Gasteiger partial charge is 0.450 e. The van der Waals surface area contributed by atoms with Gasteiger partial charge in [-0.15, -0.1) is 0 Å². The first-order valence-corrected chi connectivity index (χ1v) is 20.7. The first-order valence-electron chi connectivity index (χ1n) is 18.3. The zero-order chi connectivity index (χ0) is 39.6. The number of nitrogens with zero attached hydrogens (tertiary/aromatic N) is 4. The Morgan fingerprint density at radius 1 is 0.696 bits per heavy atom. The predicted molar refractivity (Wildman–Crippen MR) is 232 cm³/mol. The lowest BCUT2D eigenvalue weighted by Gasteiger charge is -2.22. The number of ether oxygens (including phenoxy) is 2. The number of carbonyl (C=O) groups excluding carboxylic acids is 2. The van der Waals surface area contributed by atoms with Gasteiger partial charge in [0.05, 0.1) is 30.5 Å². The fourth-order valence-corrected chi connectivity index (χ4v) is 8.56. The molecular weight excluding hydrogens is 881 g/mol. The number of aromatic nitrogens is 2. The molecule has 9 rings (SSSR count). The number of aryl methyl sites for hydroxylation is 2. The van der Waals surface area contributed by atoms with Crippen LogP contribution in [0.5, 0.6) is 23.0 Å². The number of halogens is 4. The van der Waals surface area contributed by atoms with Crippen molar-refractivity contribution in [3.05, 3.63) is 87.0 Å². The van der Waals surface area contributed by atoms with Crippen molar-refractivity contribution in [2.24, 2.45) is 9.98 Å². The Bertz CT molecular complexity index is 3050. The van der Waals surface area contributed by atoms with E-state index in [1.54, 1.807) is 13.8 Å². The fourth-order valence-electron chi connectivity index (χ4n) is 7.81. The number of rotatable bonds is 7. The average molecular weight is 916 g/mol. The number of benzene rings is 5. The molecule has 0 saturated heterocycles. The topological polar surface area (TPSA) is 99.2 Å². The van der Waals surface area contributed by atoms with E-state index in [0.29, 0.717) is 52.4 Å². The number of amides is 1. The summed E-state index contributed by atoms with van der Waals surface area (Å²) in [6.45, 7) is 12.9. The van der Waals surface area contributed by atoms with Gasteiger partial charge in [-0.2, -0.15) is 0 Å². The molecule has 0 bridgehead atoms. The van der Waals surface area contributed by atoms with Gasteiger partial charge in [-0.25, -0.2) is 9.98 Å². The minimum absolute atomic E-state index is 0.0638. The lowest BCUT2D eigenvalue weighted by atomic mass is 9.96. The monoisotopic (exact) mass is 913 g/mol. The average Bonchev–Trinajstić information content (AvgIpc) is 3.67. The van der Waals surface area contributed by atoms with Crippen molar-refractivity contribution in [3.8, 4) is 23.0 Å². The van der Waals surface area contributed by atoms with Crippen molar-refractivity contribution < 1.29 is 19.1 Å². The summed E-state index contributed by atoms with van der Waals surface area (Å²) in [5, 5.41) is 7.62. The highest BCUT2D eigenvalue weighted by atomic mass is 79.9. The molecule has 1 N–H and O–H groups in total. The van der Waals surface area contributed by atoms with Gasteiger partial charge in [-0.1, -0.05) is 67.2 Å². The Balaban J connectivity index is 1.23. The number of hydrogen-bond acceptors (Lipinski definition) is 6. The third-order valence-electron chi connectivity index (χ3n) is 10.6. The van der Waals surface area contributed by atoms with Crippen LogP contribution in [0.1, 0.15) is 47.1 Å². The maximum absolute atomic E-state index is 13.3. The van der Waals surface area contributed by atoms with E-state index >= 15 is 0 Å². The van der Waals surface area contributed by atoms with Gasteiger partial charge in [0.2, 0.25) is 5.91 Å². The second kappa shape index (κ2) is 13.1. The minimum Gasteiger partial charge on any atom is -0.450 e. The van der Waals surface area contributed by atoms with E-state index in [0.717, 1.165) is 49.2 Å². The van der Waals surface area contributed by atoms with Crippen LogP contribution in [-0.2, 0) is 29.1 Å². The highest BCUT2D eigenvalue weighted by Gasteiger charge is 2.32. The smallest absolute Gasteiger partial charge is 0.240 e. The number of alkyl halides is 2. The molecule has 9 nitrogen and oxygen atoms in total. The molecule has 2 aliphatic heterocycles. The number of ketones is 1. The van der Waals surface area contributed by atoms with Gasteiger partial charge in [0.25, 0.3) is 0 Å². The molecule has 0 aliphatic carbocycles. The number of hydrogen-bond donors (Lipinski definition) is 1. The van der Waals surface area contributed by atoms with Gasteiger partial charge >= 0.3 is 0 Å². The molecule has 1 amide bonds. The molecule has 0 fully saturated rings. The van der Waals surface area contributed by atoms with E-state index in [2.05, 4.69) is 66.2 Å². The van der Waals surface area contributed by atoms with Crippen LogP contribution in [0.25, 0.3) is 43.6 Å². The molecule has 5 aromatic carbocycles. The molecule has 2 aromatic heterocycles. The third kappa shape index (κ3) is 5.60. The van der Waals surface area contributed by atoms with Crippen LogP contribution in [0.15, 0.2) is 70.6 Å². The molecule has 0 radical (unpaired) electrons. The van der Waals surface area contributed by atoms with Crippen LogP contribution >= 0.6 is 55.1 Å². The highest BCUT2D eigenvalue weighted by Crippen LogP contribution is 2.50. The highest BCUT2D eigenvalue weighted by molar-refractivity contribution is 9.10. The zero-order valence-electron chi connectivity index (χ0n) is 31.3. The van der Waals surface area contributed by atoms with E-state index < -0.39 is 8.65 Å². The number of carbonyl (C=O) groups is 2. The van der Waals surface area contributed by atoms with E-state index in [9.17, 15) is 9.59 Å². The zero-order valence-corrected chi connectivity index (χ0v) is 36.0. The molecule has 284 valence electrons. The Morgan fingerprint density at radius 3 is 1.80 bits per heavy atom. The van der Waals surface area contributed by atoms with Crippen molar-refractivity contribution >= 4 is 127 Å². The molecule has 13 heteroatoms. The van der Waals surface area contributed by atoms with Crippen LogP contribution in [0.4, 0.5) is 17.1 Å². The SMILES string of the molecule is CCn1c2ccc(NC(=O)C(C)(C)Br)cc2c2c3c(ccc21)N=c1c(Cl)c2c(c(Cl)c1O3)=Nc1ccc3c(c1O2)c1c(CC(=O)C(C)(C)Br)cccc1n3CC.